The molecule has 24 heavy (non-hydrogen) atoms. The molecule has 0 aromatic heterocycles. The van der Waals surface area contributed by atoms with Crippen LogP contribution in [-0.4, -0.2) is 25.7 Å². The quantitative estimate of drug-likeness (QED) is 0.881. The van der Waals surface area contributed by atoms with Crippen molar-refractivity contribution in [1.29, 1.82) is 0 Å². The number of sulfonamides is 1. The molecule has 5 nitrogen and oxygen atoms in total. The molecule has 0 aliphatic carbocycles. The third-order valence-electron chi connectivity index (χ3n) is 3.49. The Kier molecular flexibility index (Phi) is 5.64. The molecule has 1 N–H and O–H groups in total. The summed E-state index contributed by atoms with van der Waals surface area (Å²) in [7, 11) is -2.19. The number of halogens is 1. The predicted octanol–water partition coefficient (Wildman–Crippen LogP) is 3.43. The normalized spacial score (nSPS) is 11.5. The molecule has 7 heteroatoms. The van der Waals surface area contributed by atoms with Crippen molar-refractivity contribution in [3.63, 3.8) is 0 Å². The largest absolute Gasteiger partial charge is 0.326 e. The SMILES string of the molecule is CC(=O)Nc1ccc(C)c(S(=O)(=O)N(C)Cc2cccc(Cl)c2)c1. The van der Waals surface area contributed by atoms with E-state index in [1.54, 1.807) is 37.3 Å². The molecule has 0 saturated carbocycles. The molecule has 2 aromatic rings. The van der Waals surface area contributed by atoms with Crippen LogP contribution >= 0.6 is 11.6 Å². The van der Waals surface area contributed by atoms with Gasteiger partial charge in [-0.1, -0.05) is 29.8 Å². The maximum absolute atomic E-state index is 12.9. The Labute approximate surface area is 147 Å². The van der Waals surface area contributed by atoms with E-state index in [2.05, 4.69) is 5.32 Å². The number of aryl methyl sites for hydroxylation is 1. The lowest BCUT2D eigenvalue weighted by molar-refractivity contribution is -0.114. The molecule has 0 atom stereocenters. The summed E-state index contributed by atoms with van der Waals surface area (Å²) in [4.78, 5) is 11.3. The fourth-order valence-electron chi connectivity index (χ4n) is 2.30. The second-order valence-electron chi connectivity index (χ2n) is 5.55. The first kappa shape index (κ1) is 18.4. The zero-order valence-corrected chi connectivity index (χ0v) is 15.3. The smallest absolute Gasteiger partial charge is 0.243 e. The predicted molar refractivity (Wildman–Crippen MR) is 95.6 cm³/mol. The second kappa shape index (κ2) is 7.34. The summed E-state index contributed by atoms with van der Waals surface area (Å²) < 4.78 is 27.0. The number of benzene rings is 2. The van der Waals surface area contributed by atoms with Gasteiger partial charge in [0.2, 0.25) is 15.9 Å². The first-order chi connectivity index (χ1) is 11.2. The van der Waals surface area contributed by atoms with E-state index in [-0.39, 0.29) is 17.3 Å². The van der Waals surface area contributed by atoms with Gasteiger partial charge < -0.3 is 5.32 Å². The number of nitrogens with zero attached hydrogens (tertiary/aromatic N) is 1. The van der Waals surface area contributed by atoms with Gasteiger partial charge in [-0.2, -0.15) is 4.31 Å². The van der Waals surface area contributed by atoms with E-state index >= 15 is 0 Å². The van der Waals surface area contributed by atoms with Crippen LogP contribution in [0.25, 0.3) is 0 Å². The van der Waals surface area contributed by atoms with E-state index in [4.69, 9.17) is 11.6 Å². The molecule has 0 aliphatic heterocycles. The van der Waals surface area contributed by atoms with Gasteiger partial charge in [0.25, 0.3) is 0 Å². The van der Waals surface area contributed by atoms with E-state index in [0.717, 1.165) is 5.56 Å². The number of anilines is 1. The fraction of sp³-hybridized carbons (Fsp3) is 0.235. The number of nitrogens with one attached hydrogen (secondary N) is 1. The highest BCUT2D eigenvalue weighted by molar-refractivity contribution is 7.89. The van der Waals surface area contributed by atoms with Gasteiger partial charge in [0.05, 0.1) is 4.90 Å². The van der Waals surface area contributed by atoms with Crippen molar-refractivity contribution in [2.24, 2.45) is 0 Å². The lowest BCUT2D eigenvalue weighted by Gasteiger charge is -2.19. The van der Waals surface area contributed by atoms with E-state index in [9.17, 15) is 13.2 Å². The number of rotatable bonds is 5. The number of carbonyl (C=O) groups excluding carboxylic acids is 1. The molecule has 2 rings (SSSR count). The van der Waals surface area contributed by atoms with Crippen molar-refractivity contribution in [2.75, 3.05) is 12.4 Å². The van der Waals surface area contributed by atoms with Gasteiger partial charge in [-0.05, 0) is 42.3 Å². The Balaban J connectivity index is 2.33. The van der Waals surface area contributed by atoms with Crippen LogP contribution in [0.4, 0.5) is 5.69 Å². The van der Waals surface area contributed by atoms with Crippen LogP contribution in [0.1, 0.15) is 18.1 Å². The minimum absolute atomic E-state index is 0.165. The Bertz CT molecular complexity index is 866. The van der Waals surface area contributed by atoms with Crippen LogP contribution in [0.3, 0.4) is 0 Å². The summed E-state index contributed by atoms with van der Waals surface area (Å²) in [5.74, 6) is -0.255. The van der Waals surface area contributed by atoms with Crippen molar-refractivity contribution in [1.82, 2.24) is 4.31 Å². The standard InChI is InChI=1S/C17H19ClN2O3S/c1-12-7-8-16(19-13(2)21)10-17(12)24(22,23)20(3)11-14-5-4-6-15(18)9-14/h4-10H,11H2,1-3H3,(H,19,21). The molecule has 0 bridgehead atoms. The fourth-order valence-corrected chi connectivity index (χ4v) is 3.92. The van der Waals surface area contributed by atoms with Gasteiger partial charge >= 0.3 is 0 Å². The minimum Gasteiger partial charge on any atom is -0.326 e. The molecule has 128 valence electrons. The topological polar surface area (TPSA) is 66.5 Å². The summed E-state index contributed by atoms with van der Waals surface area (Å²) in [6.45, 7) is 3.30. The van der Waals surface area contributed by atoms with Gasteiger partial charge in [0, 0.05) is 31.2 Å². The lowest BCUT2D eigenvalue weighted by Crippen LogP contribution is -2.27. The average Bonchev–Trinajstić information content (AvgIpc) is 2.48. The van der Waals surface area contributed by atoms with Crippen molar-refractivity contribution < 1.29 is 13.2 Å². The molecule has 1 amide bonds. The number of carbonyl (C=O) groups is 1. The van der Waals surface area contributed by atoms with E-state index in [0.29, 0.717) is 16.3 Å². The summed E-state index contributed by atoms with van der Waals surface area (Å²) in [6.07, 6.45) is 0. The van der Waals surface area contributed by atoms with Crippen molar-refractivity contribution >= 4 is 33.2 Å². The Morgan fingerprint density at radius 1 is 1.21 bits per heavy atom. The van der Waals surface area contributed by atoms with Crippen molar-refractivity contribution in [3.05, 3.63) is 58.6 Å². The van der Waals surface area contributed by atoms with Crippen molar-refractivity contribution in [2.45, 2.75) is 25.3 Å². The summed E-state index contributed by atoms with van der Waals surface area (Å²) >= 11 is 5.95. The highest BCUT2D eigenvalue weighted by atomic mass is 35.5. The molecule has 0 unspecified atom stereocenters. The Morgan fingerprint density at radius 3 is 2.54 bits per heavy atom. The first-order valence-corrected chi connectivity index (χ1v) is 9.11. The number of hydrogen-bond donors (Lipinski definition) is 1. The van der Waals surface area contributed by atoms with Gasteiger partial charge in [-0.25, -0.2) is 8.42 Å². The van der Waals surface area contributed by atoms with Crippen LogP contribution in [0, 0.1) is 6.92 Å². The van der Waals surface area contributed by atoms with E-state index in [1.807, 2.05) is 6.07 Å². The van der Waals surface area contributed by atoms with Crippen LogP contribution in [-0.2, 0) is 21.4 Å². The number of hydrogen-bond acceptors (Lipinski definition) is 3. The summed E-state index contributed by atoms with van der Waals surface area (Å²) in [5.41, 5.74) is 1.86. The van der Waals surface area contributed by atoms with Gasteiger partial charge in [0.1, 0.15) is 0 Å². The number of amides is 1. The molecule has 0 spiro atoms. The van der Waals surface area contributed by atoms with Gasteiger partial charge in [0.15, 0.2) is 0 Å². The van der Waals surface area contributed by atoms with Gasteiger partial charge in [-0.3, -0.25) is 4.79 Å². The van der Waals surface area contributed by atoms with Crippen LogP contribution in [0.2, 0.25) is 5.02 Å². The molecule has 0 fully saturated rings. The molecule has 0 saturated heterocycles. The van der Waals surface area contributed by atoms with E-state index in [1.165, 1.54) is 24.3 Å². The molecular weight excluding hydrogens is 348 g/mol. The monoisotopic (exact) mass is 366 g/mol. The lowest BCUT2D eigenvalue weighted by atomic mass is 10.2. The molecule has 0 aliphatic rings. The first-order valence-electron chi connectivity index (χ1n) is 7.29. The summed E-state index contributed by atoms with van der Waals surface area (Å²) in [5, 5.41) is 3.16. The van der Waals surface area contributed by atoms with Crippen LogP contribution in [0.15, 0.2) is 47.4 Å². The van der Waals surface area contributed by atoms with Crippen LogP contribution in [0.5, 0.6) is 0 Å². The summed E-state index contributed by atoms with van der Waals surface area (Å²) in [6, 6.07) is 11.9. The maximum atomic E-state index is 12.9. The zero-order chi connectivity index (χ0) is 17.9. The Morgan fingerprint density at radius 2 is 1.92 bits per heavy atom. The molecule has 0 heterocycles. The Hall–Kier alpha value is -1.89. The maximum Gasteiger partial charge on any atom is 0.243 e. The third kappa shape index (κ3) is 4.35. The molecule has 0 radical (unpaired) electrons. The zero-order valence-electron chi connectivity index (χ0n) is 13.7. The average molecular weight is 367 g/mol. The third-order valence-corrected chi connectivity index (χ3v) is 5.67. The van der Waals surface area contributed by atoms with E-state index < -0.39 is 10.0 Å². The van der Waals surface area contributed by atoms with Crippen LogP contribution < -0.4 is 5.32 Å². The highest BCUT2D eigenvalue weighted by Gasteiger charge is 2.23. The highest BCUT2D eigenvalue weighted by Crippen LogP contribution is 2.24. The second-order valence-corrected chi connectivity index (χ2v) is 8.00. The van der Waals surface area contributed by atoms with Crippen molar-refractivity contribution in [3.8, 4) is 0 Å². The van der Waals surface area contributed by atoms with Gasteiger partial charge in [-0.15, -0.1) is 0 Å². The minimum atomic E-state index is -3.70. The molecular formula is C17H19ClN2O3S. The molecule has 2 aromatic carbocycles.